The summed E-state index contributed by atoms with van der Waals surface area (Å²) in [7, 11) is 0. The van der Waals surface area contributed by atoms with Crippen molar-refractivity contribution in [2.24, 2.45) is 0 Å². The Balaban J connectivity index is 2.53. The average Bonchev–Trinajstić information content (AvgIpc) is 2.29. The highest BCUT2D eigenvalue weighted by atomic mass is 14.6. The van der Waals surface area contributed by atoms with Crippen molar-refractivity contribution in [3.63, 3.8) is 0 Å². The predicted molar refractivity (Wildman–Crippen MR) is 79.7 cm³/mol. The van der Waals surface area contributed by atoms with Crippen LogP contribution in [0.25, 0.3) is 11.1 Å². The molecule has 2 N–H and O–H groups in total. The fourth-order valence-corrected chi connectivity index (χ4v) is 2.01. The number of hydrogen-bond donors (Lipinski definition) is 1. The third-order valence-electron chi connectivity index (χ3n) is 3.28. The summed E-state index contributed by atoms with van der Waals surface area (Å²) in [6, 6.07) is 14.8. The van der Waals surface area contributed by atoms with Gasteiger partial charge in [0.05, 0.1) is 0 Å². The van der Waals surface area contributed by atoms with Gasteiger partial charge in [0.25, 0.3) is 0 Å². The standard InChI is InChI=1S/C17H21N/c1-12-5-7-13(8-6-12)15-11-14(17(2,3)4)9-10-16(15)18/h5-11H,18H2,1-4H3. The van der Waals surface area contributed by atoms with Gasteiger partial charge in [-0.3, -0.25) is 0 Å². The van der Waals surface area contributed by atoms with Crippen molar-refractivity contribution >= 4 is 5.69 Å². The van der Waals surface area contributed by atoms with E-state index in [1.807, 2.05) is 6.07 Å². The van der Waals surface area contributed by atoms with Crippen LogP contribution in [0.5, 0.6) is 0 Å². The second-order valence-corrected chi connectivity index (χ2v) is 5.92. The predicted octanol–water partition coefficient (Wildman–Crippen LogP) is 4.54. The van der Waals surface area contributed by atoms with Crippen LogP contribution in [0, 0.1) is 6.92 Å². The van der Waals surface area contributed by atoms with Crippen molar-refractivity contribution in [3.8, 4) is 11.1 Å². The minimum atomic E-state index is 0.146. The molecule has 0 fully saturated rings. The largest absolute Gasteiger partial charge is 0.398 e. The van der Waals surface area contributed by atoms with Crippen LogP contribution in [-0.2, 0) is 5.41 Å². The molecule has 0 aliphatic heterocycles. The van der Waals surface area contributed by atoms with E-state index in [2.05, 4.69) is 64.1 Å². The van der Waals surface area contributed by atoms with Gasteiger partial charge in [0, 0.05) is 11.3 Å². The van der Waals surface area contributed by atoms with Crippen molar-refractivity contribution in [2.75, 3.05) is 5.73 Å². The number of hydrogen-bond acceptors (Lipinski definition) is 1. The number of nitrogens with two attached hydrogens (primary N) is 1. The molecule has 0 radical (unpaired) electrons. The van der Waals surface area contributed by atoms with Crippen LogP contribution in [0.4, 0.5) is 5.69 Å². The molecule has 2 aromatic carbocycles. The van der Waals surface area contributed by atoms with E-state index in [9.17, 15) is 0 Å². The zero-order chi connectivity index (χ0) is 13.3. The summed E-state index contributed by atoms with van der Waals surface area (Å²) < 4.78 is 0. The van der Waals surface area contributed by atoms with Gasteiger partial charge in [-0.1, -0.05) is 56.7 Å². The molecule has 0 aliphatic carbocycles. The molecule has 1 heteroatoms. The van der Waals surface area contributed by atoms with Crippen molar-refractivity contribution < 1.29 is 0 Å². The molecule has 0 heterocycles. The molecule has 0 saturated heterocycles. The molecule has 0 amide bonds. The molecular weight excluding hydrogens is 218 g/mol. The lowest BCUT2D eigenvalue weighted by Crippen LogP contribution is -2.11. The lowest BCUT2D eigenvalue weighted by Gasteiger charge is -2.20. The van der Waals surface area contributed by atoms with Gasteiger partial charge in [-0.15, -0.1) is 0 Å². The van der Waals surface area contributed by atoms with E-state index in [4.69, 9.17) is 5.73 Å². The molecule has 18 heavy (non-hydrogen) atoms. The van der Waals surface area contributed by atoms with Gasteiger partial charge in [0.1, 0.15) is 0 Å². The third-order valence-corrected chi connectivity index (χ3v) is 3.28. The summed E-state index contributed by atoms with van der Waals surface area (Å²) in [5, 5.41) is 0. The summed E-state index contributed by atoms with van der Waals surface area (Å²) >= 11 is 0. The molecule has 0 unspecified atom stereocenters. The number of rotatable bonds is 1. The van der Waals surface area contributed by atoms with E-state index in [0.29, 0.717) is 0 Å². The van der Waals surface area contributed by atoms with Gasteiger partial charge in [-0.25, -0.2) is 0 Å². The zero-order valence-electron chi connectivity index (χ0n) is 11.6. The first-order valence-electron chi connectivity index (χ1n) is 6.35. The van der Waals surface area contributed by atoms with E-state index < -0.39 is 0 Å². The molecule has 2 rings (SSSR count). The Kier molecular flexibility index (Phi) is 3.16. The lowest BCUT2D eigenvalue weighted by molar-refractivity contribution is 0.590. The first kappa shape index (κ1) is 12.7. The second-order valence-electron chi connectivity index (χ2n) is 5.92. The quantitative estimate of drug-likeness (QED) is 0.726. The highest BCUT2D eigenvalue weighted by Gasteiger charge is 2.15. The number of anilines is 1. The average molecular weight is 239 g/mol. The van der Waals surface area contributed by atoms with E-state index in [1.165, 1.54) is 16.7 Å². The fraction of sp³-hybridized carbons (Fsp3) is 0.294. The van der Waals surface area contributed by atoms with Gasteiger partial charge < -0.3 is 5.73 Å². The molecule has 0 atom stereocenters. The van der Waals surface area contributed by atoms with Crippen molar-refractivity contribution in [1.82, 2.24) is 0 Å². The smallest absolute Gasteiger partial charge is 0.0393 e. The Morgan fingerprint density at radius 2 is 1.50 bits per heavy atom. The van der Waals surface area contributed by atoms with Crippen LogP contribution in [0.1, 0.15) is 31.9 Å². The maximum atomic E-state index is 6.10. The highest BCUT2D eigenvalue weighted by molar-refractivity contribution is 5.77. The van der Waals surface area contributed by atoms with Crippen molar-refractivity contribution in [2.45, 2.75) is 33.1 Å². The third kappa shape index (κ3) is 2.56. The Morgan fingerprint density at radius 1 is 0.889 bits per heavy atom. The number of nitrogen functional groups attached to an aromatic ring is 1. The first-order chi connectivity index (χ1) is 8.38. The lowest BCUT2D eigenvalue weighted by atomic mass is 9.85. The number of aryl methyl sites for hydroxylation is 1. The molecule has 0 saturated carbocycles. The molecule has 1 nitrogen and oxygen atoms in total. The normalized spacial score (nSPS) is 11.6. The van der Waals surface area contributed by atoms with Crippen molar-refractivity contribution in [1.29, 1.82) is 0 Å². The minimum Gasteiger partial charge on any atom is -0.398 e. The van der Waals surface area contributed by atoms with Crippen LogP contribution >= 0.6 is 0 Å². The summed E-state index contributed by atoms with van der Waals surface area (Å²) in [6.07, 6.45) is 0. The van der Waals surface area contributed by atoms with Crippen LogP contribution in [0.15, 0.2) is 42.5 Å². The molecule has 0 spiro atoms. The van der Waals surface area contributed by atoms with E-state index >= 15 is 0 Å². The van der Waals surface area contributed by atoms with Gasteiger partial charge in [0.15, 0.2) is 0 Å². The molecule has 94 valence electrons. The molecular formula is C17H21N. The van der Waals surface area contributed by atoms with Gasteiger partial charge in [-0.2, -0.15) is 0 Å². The maximum absolute atomic E-state index is 6.10. The first-order valence-corrected chi connectivity index (χ1v) is 6.35. The van der Waals surface area contributed by atoms with E-state index in [-0.39, 0.29) is 5.41 Å². The van der Waals surface area contributed by atoms with Crippen LogP contribution in [0.2, 0.25) is 0 Å². The van der Waals surface area contributed by atoms with Crippen LogP contribution in [-0.4, -0.2) is 0 Å². The highest BCUT2D eigenvalue weighted by Crippen LogP contribution is 2.31. The maximum Gasteiger partial charge on any atom is 0.0393 e. The molecule has 0 bridgehead atoms. The molecule has 2 aromatic rings. The second kappa shape index (κ2) is 4.49. The molecule has 0 aliphatic rings. The Morgan fingerprint density at radius 3 is 2.06 bits per heavy atom. The Hall–Kier alpha value is -1.76. The van der Waals surface area contributed by atoms with Gasteiger partial charge in [-0.05, 0) is 35.6 Å². The minimum absolute atomic E-state index is 0.146. The topological polar surface area (TPSA) is 26.0 Å². The molecule has 0 aromatic heterocycles. The zero-order valence-corrected chi connectivity index (χ0v) is 11.6. The van der Waals surface area contributed by atoms with Crippen LogP contribution in [0.3, 0.4) is 0 Å². The van der Waals surface area contributed by atoms with Gasteiger partial charge in [0.2, 0.25) is 0 Å². The van der Waals surface area contributed by atoms with Crippen molar-refractivity contribution in [3.05, 3.63) is 53.6 Å². The monoisotopic (exact) mass is 239 g/mol. The summed E-state index contributed by atoms with van der Waals surface area (Å²) in [5.74, 6) is 0. The van der Waals surface area contributed by atoms with E-state index in [1.54, 1.807) is 0 Å². The fourth-order valence-electron chi connectivity index (χ4n) is 2.01. The van der Waals surface area contributed by atoms with Crippen LogP contribution < -0.4 is 5.73 Å². The Bertz CT molecular complexity index is 545. The summed E-state index contributed by atoms with van der Waals surface area (Å²) in [4.78, 5) is 0. The van der Waals surface area contributed by atoms with Gasteiger partial charge >= 0.3 is 0 Å². The number of benzene rings is 2. The summed E-state index contributed by atoms with van der Waals surface area (Å²) in [5.41, 5.74) is 12.0. The Labute approximate surface area is 110 Å². The SMILES string of the molecule is Cc1ccc(-c2cc(C(C)(C)C)ccc2N)cc1. The summed E-state index contributed by atoms with van der Waals surface area (Å²) in [6.45, 7) is 8.76. The van der Waals surface area contributed by atoms with E-state index in [0.717, 1.165) is 11.3 Å².